The van der Waals surface area contributed by atoms with Crippen molar-refractivity contribution >= 4 is 30.7 Å². The summed E-state index contributed by atoms with van der Waals surface area (Å²) in [5, 5.41) is 6.40. The third-order valence-electron chi connectivity index (χ3n) is 3.97. The number of nitrogens with zero attached hydrogens (tertiary/aromatic N) is 1. The third kappa shape index (κ3) is 5.99. The van der Waals surface area contributed by atoms with Gasteiger partial charge in [0.15, 0.2) is 0 Å². The zero-order chi connectivity index (χ0) is 16.2. The van der Waals surface area contributed by atoms with Gasteiger partial charge in [-0.05, 0) is 50.6 Å². The molecule has 3 rings (SSSR count). The first kappa shape index (κ1) is 21.4. The second-order valence-corrected chi connectivity index (χ2v) is 5.97. The lowest BCUT2D eigenvalue weighted by Crippen LogP contribution is -2.46. The third-order valence-corrected chi connectivity index (χ3v) is 3.97. The number of oxazole rings is 1. The second-order valence-electron chi connectivity index (χ2n) is 5.97. The molecule has 138 valence electrons. The van der Waals surface area contributed by atoms with Crippen molar-refractivity contribution in [1.29, 1.82) is 0 Å². The highest BCUT2D eigenvalue weighted by atomic mass is 35.5. The molecule has 1 amide bonds. The minimum atomic E-state index is -0.309. The Morgan fingerprint density at radius 2 is 2.08 bits per heavy atom. The molecule has 25 heavy (non-hydrogen) atoms. The summed E-state index contributed by atoms with van der Waals surface area (Å²) in [6.45, 7) is 3.04. The fraction of sp³-hybridized carbons (Fsp3) is 0.412. The number of carbonyl (C=O) groups excluding carboxylic acids is 1. The van der Waals surface area contributed by atoms with Crippen molar-refractivity contribution in [1.82, 2.24) is 15.6 Å². The molecule has 0 aliphatic carbocycles. The molecule has 0 spiro atoms. The van der Waals surface area contributed by atoms with Gasteiger partial charge in [-0.1, -0.05) is 0 Å². The first-order valence-corrected chi connectivity index (χ1v) is 7.83. The molecule has 0 radical (unpaired) electrons. The van der Waals surface area contributed by atoms with Crippen molar-refractivity contribution in [3.05, 3.63) is 42.0 Å². The smallest absolute Gasteiger partial charge is 0.226 e. The lowest BCUT2D eigenvalue weighted by Gasteiger charge is -2.28. The number of amides is 1. The highest BCUT2D eigenvalue weighted by Gasteiger charge is 2.20. The molecule has 1 aliphatic rings. The van der Waals surface area contributed by atoms with Crippen molar-refractivity contribution in [2.45, 2.75) is 38.3 Å². The molecule has 0 saturated carbocycles. The molecule has 2 N–H and O–H groups in total. The Morgan fingerprint density at radius 3 is 2.76 bits per heavy atom. The van der Waals surface area contributed by atoms with Crippen LogP contribution < -0.4 is 10.6 Å². The van der Waals surface area contributed by atoms with Gasteiger partial charge in [-0.2, -0.15) is 0 Å². The lowest BCUT2D eigenvalue weighted by molar-refractivity contribution is -0.121. The fourth-order valence-electron chi connectivity index (χ4n) is 2.82. The molecule has 2 unspecified atom stereocenters. The zero-order valence-corrected chi connectivity index (χ0v) is 15.5. The van der Waals surface area contributed by atoms with Crippen LogP contribution in [0, 0.1) is 5.82 Å². The number of hydrogen-bond acceptors (Lipinski definition) is 4. The van der Waals surface area contributed by atoms with Crippen LogP contribution in [-0.2, 0) is 11.2 Å². The molecule has 1 fully saturated rings. The average molecular weight is 390 g/mol. The highest BCUT2D eigenvalue weighted by molar-refractivity contribution is 5.85. The molecule has 1 aromatic heterocycles. The van der Waals surface area contributed by atoms with Gasteiger partial charge in [-0.3, -0.25) is 4.79 Å². The predicted molar refractivity (Wildman–Crippen MR) is 98.7 cm³/mol. The number of aromatic nitrogens is 1. The summed E-state index contributed by atoms with van der Waals surface area (Å²) in [6, 6.07) is 6.53. The van der Waals surface area contributed by atoms with E-state index in [9.17, 15) is 9.18 Å². The van der Waals surface area contributed by atoms with Gasteiger partial charge in [-0.25, -0.2) is 9.37 Å². The average Bonchev–Trinajstić information content (AvgIpc) is 2.96. The van der Waals surface area contributed by atoms with Gasteiger partial charge in [0.1, 0.15) is 12.1 Å². The quantitative estimate of drug-likeness (QED) is 0.842. The van der Waals surface area contributed by atoms with E-state index in [2.05, 4.69) is 22.5 Å². The number of nitrogens with one attached hydrogen (secondary N) is 2. The number of piperidine rings is 1. The Hall–Kier alpha value is -1.63. The van der Waals surface area contributed by atoms with Crippen LogP contribution in [0.15, 0.2) is 34.9 Å². The Bertz CT molecular complexity index is 679. The normalized spacial score (nSPS) is 19.4. The van der Waals surface area contributed by atoms with E-state index in [4.69, 9.17) is 4.42 Å². The molecule has 1 saturated heterocycles. The van der Waals surface area contributed by atoms with Crippen LogP contribution in [0.25, 0.3) is 11.5 Å². The minimum Gasteiger partial charge on any atom is -0.444 e. The molecular formula is C17H22Cl2FN3O2. The standard InChI is InChI=1S/C17H20FN3O2.2ClH/c1-11-8-14(6-7-19-11)20-16(22)9-15-10-23-17(21-15)12-2-4-13(18)5-3-12;;/h2-5,10-11,14,19H,6-9H2,1H3,(H,20,22);2*1H. The summed E-state index contributed by atoms with van der Waals surface area (Å²) < 4.78 is 18.3. The highest BCUT2D eigenvalue weighted by Crippen LogP contribution is 2.19. The van der Waals surface area contributed by atoms with Gasteiger partial charge in [0.05, 0.1) is 12.1 Å². The van der Waals surface area contributed by atoms with Crippen LogP contribution in [0.3, 0.4) is 0 Å². The van der Waals surface area contributed by atoms with Crippen LogP contribution in [0.2, 0.25) is 0 Å². The van der Waals surface area contributed by atoms with Crippen molar-refractivity contribution in [3.63, 3.8) is 0 Å². The van der Waals surface area contributed by atoms with Gasteiger partial charge in [-0.15, -0.1) is 24.8 Å². The predicted octanol–water partition coefficient (Wildman–Crippen LogP) is 3.12. The van der Waals surface area contributed by atoms with Crippen LogP contribution in [0.1, 0.15) is 25.5 Å². The summed E-state index contributed by atoms with van der Waals surface area (Å²) in [5.41, 5.74) is 1.26. The van der Waals surface area contributed by atoms with Crippen LogP contribution in [0.5, 0.6) is 0 Å². The van der Waals surface area contributed by atoms with Gasteiger partial charge in [0, 0.05) is 17.6 Å². The Labute approximate surface area is 158 Å². The fourth-order valence-corrected chi connectivity index (χ4v) is 2.82. The molecule has 1 aromatic carbocycles. The topological polar surface area (TPSA) is 67.2 Å². The summed E-state index contributed by atoms with van der Waals surface area (Å²) >= 11 is 0. The van der Waals surface area contributed by atoms with Gasteiger partial charge in [0.2, 0.25) is 11.8 Å². The first-order chi connectivity index (χ1) is 11.1. The van der Waals surface area contributed by atoms with E-state index in [0.717, 1.165) is 19.4 Å². The Morgan fingerprint density at radius 1 is 1.36 bits per heavy atom. The zero-order valence-electron chi connectivity index (χ0n) is 13.8. The minimum absolute atomic E-state index is 0. The molecular weight excluding hydrogens is 368 g/mol. The second kappa shape index (κ2) is 9.75. The first-order valence-electron chi connectivity index (χ1n) is 7.83. The molecule has 2 atom stereocenters. The molecule has 2 heterocycles. The van der Waals surface area contributed by atoms with E-state index in [1.54, 1.807) is 12.1 Å². The molecule has 8 heteroatoms. The Balaban J connectivity index is 0.00000156. The van der Waals surface area contributed by atoms with Crippen molar-refractivity contribution in [3.8, 4) is 11.5 Å². The summed E-state index contributed by atoms with van der Waals surface area (Å²) in [4.78, 5) is 16.4. The lowest BCUT2D eigenvalue weighted by atomic mass is 10.0. The van der Waals surface area contributed by atoms with Crippen LogP contribution in [-0.4, -0.2) is 29.5 Å². The maximum absolute atomic E-state index is 12.9. The van der Waals surface area contributed by atoms with E-state index in [1.165, 1.54) is 18.4 Å². The van der Waals surface area contributed by atoms with E-state index in [-0.39, 0.29) is 49.0 Å². The Kier molecular flexibility index (Phi) is 8.35. The number of halogens is 3. The summed E-state index contributed by atoms with van der Waals surface area (Å²) in [6.07, 6.45) is 3.54. The molecule has 2 aromatic rings. The van der Waals surface area contributed by atoms with Crippen LogP contribution >= 0.6 is 24.8 Å². The number of carbonyl (C=O) groups is 1. The van der Waals surface area contributed by atoms with E-state index in [0.29, 0.717) is 23.2 Å². The van der Waals surface area contributed by atoms with Crippen molar-refractivity contribution in [2.75, 3.05) is 6.54 Å². The monoisotopic (exact) mass is 389 g/mol. The van der Waals surface area contributed by atoms with Crippen molar-refractivity contribution < 1.29 is 13.6 Å². The number of benzene rings is 1. The summed E-state index contributed by atoms with van der Waals surface area (Å²) in [5.74, 6) is 0.0300. The summed E-state index contributed by atoms with van der Waals surface area (Å²) in [7, 11) is 0. The molecule has 1 aliphatic heterocycles. The van der Waals surface area contributed by atoms with E-state index < -0.39 is 0 Å². The SMILES string of the molecule is CC1CC(NC(=O)Cc2coc(-c3ccc(F)cc3)n2)CCN1.Cl.Cl. The van der Waals surface area contributed by atoms with E-state index >= 15 is 0 Å². The van der Waals surface area contributed by atoms with E-state index in [1.807, 2.05) is 0 Å². The van der Waals surface area contributed by atoms with Crippen LogP contribution in [0.4, 0.5) is 4.39 Å². The maximum Gasteiger partial charge on any atom is 0.226 e. The number of rotatable bonds is 4. The number of hydrogen-bond donors (Lipinski definition) is 2. The molecule has 0 bridgehead atoms. The van der Waals surface area contributed by atoms with Crippen molar-refractivity contribution in [2.24, 2.45) is 0 Å². The maximum atomic E-state index is 12.9. The van der Waals surface area contributed by atoms with Gasteiger partial charge >= 0.3 is 0 Å². The van der Waals surface area contributed by atoms with Gasteiger partial charge in [0.25, 0.3) is 0 Å². The van der Waals surface area contributed by atoms with Gasteiger partial charge < -0.3 is 15.1 Å². The molecule has 5 nitrogen and oxygen atoms in total. The largest absolute Gasteiger partial charge is 0.444 e.